The van der Waals surface area contributed by atoms with Gasteiger partial charge in [0.05, 0.1) is 12.7 Å². The Labute approximate surface area is 106 Å². The predicted octanol–water partition coefficient (Wildman–Crippen LogP) is 2.39. The maximum atomic E-state index is 4.15. The zero-order valence-corrected chi connectivity index (χ0v) is 10.1. The van der Waals surface area contributed by atoms with Crippen LogP contribution >= 0.6 is 0 Å². The van der Waals surface area contributed by atoms with Gasteiger partial charge in [-0.15, -0.1) is 0 Å². The van der Waals surface area contributed by atoms with Crippen LogP contribution in [0.3, 0.4) is 0 Å². The summed E-state index contributed by atoms with van der Waals surface area (Å²) in [5, 5.41) is 0. The van der Waals surface area contributed by atoms with Gasteiger partial charge in [0.2, 0.25) is 0 Å². The minimum Gasteiger partial charge on any atom is -0.310 e. The van der Waals surface area contributed by atoms with Crippen LogP contribution in [0.5, 0.6) is 0 Å². The largest absolute Gasteiger partial charge is 0.310 e. The van der Waals surface area contributed by atoms with Crippen LogP contribution in [0, 0.1) is 6.92 Å². The minimum atomic E-state index is -0.272. The van der Waals surface area contributed by atoms with E-state index in [1.54, 1.807) is 12.4 Å². The highest BCUT2D eigenvalue weighted by Crippen LogP contribution is 2.31. The van der Waals surface area contributed by atoms with Gasteiger partial charge >= 0.3 is 0 Å². The molecule has 0 saturated heterocycles. The van der Waals surface area contributed by atoms with Gasteiger partial charge < -0.3 is 9.13 Å². The normalized spacial score (nSPS) is 17.7. The molecule has 18 heavy (non-hydrogen) atoms. The smallest absolute Gasteiger partial charge is 0.145 e. The summed E-state index contributed by atoms with van der Waals surface area (Å²) in [6.45, 7) is 3.92. The highest BCUT2D eigenvalue weighted by Gasteiger charge is 2.31. The van der Waals surface area contributed by atoms with Crippen molar-refractivity contribution in [3.05, 3.63) is 68.2 Å². The lowest BCUT2D eigenvalue weighted by Gasteiger charge is -2.35. The first kappa shape index (κ1) is 11.0. The Morgan fingerprint density at radius 1 is 1.17 bits per heavy atom. The summed E-state index contributed by atoms with van der Waals surface area (Å²) in [4.78, 5) is 8.31. The predicted molar refractivity (Wildman–Crippen MR) is 69.6 cm³/mol. The van der Waals surface area contributed by atoms with Crippen LogP contribution in [0.2, 0.25) is 0 Å². The molecule has 3 rings (SSSR count). The standard InChI is InChI=1S/C14H15N4/c1-2-13-3-5-14(6-4-13,17-9-7-15-11-17)18-10-8-16-12-18/h3-5,7-12H,1-2,6H2. The zero-order chi connectivity index (χ0) is 12.4. The van der Waals surface area contributed by atoms with E-state index in [0.717, 1.165) is 12.8 Å². The van der Waals surface area contributed by atoms with Gasteiger partial charge in [0.15, 0.2) is 0 Å². The lowest BCUT2D eigenvalue weighted by molar-refractivity contribution is 0.304. The second kappa shape index (κ2) is 4.29. The fourth-order valence-corrected chi connectivity index (χ4v) is 2.34. The highest BCUT2D eigenvalue weighted by molar-refractivity contribution is 5.29. The molecule has 0 spiro atoms. The Morgan fingerprint density at radius 2 is 1.83 bits per heavy atom. The topological polar surface area (TPSA) is 35.6 Å². The van der Waals surface area contributed by atoms with Gasteiger partial charge in [0.25, 0.3) is 0 Å². The molecule has 0 aliphatic heterocycles. The zero-order valence-electron chi connectivity index (χ0n) is 10.1. The fraction of sp³-hybridized carbons (Fsp3) is 0.214. The Balaban J connectivity index is 2.08. The number of allylic oxidation sites excluding steroid dienone is 4. The molecule has 1 radical (unpaired) electrons. The van der Waals surface area contributed by atoms with E-state index in [4.69, 9.17) is 0 Å². The Hall–Kier alpha value is -2.10. The van der Waals surface area contributed by atoms with E-state index in [0.29, 0.717) is 0 Å². The summed E-state index contributed by atoms with van der Waals surface area (Å²) in [5.74, 6) is 0. The van der Waals surface area contributed by atoms with Crippen LogP contribution in [-0.2, 0) is 5.66 Å². The number of aromatic nitrogens is 4. The molecule has 91 valence electrons. The van der Waals surface area contributed by atoms with Gasteiger partial charge in [-0.05, 0) is 19.4 Å². The molecule has 0 amide bonds. The second-order valence-corrected chi connectivity index (χ2v) is 4.38. The minimum absolute atomic E-state index is 0.272. The van der Waals surface area contributed by atoms with Crippen LogP contribution in [0.4, 0.5) is 0 Å². The molecule has 2 aromatic heterocycles. The monoisotopic (exact) mass is 239 g/mol. The van der Waals surface area contributed by atoms with Crippen molar-refractivity contribution in [2.45, 2.75) is 18.5 Å². The quantitative estimate of drug-likeness (QED) is 0.824. The summed E-state index contributed by atoms with van der Waals surface area (Å²) in [6.07, 6.45) is 19.5. The van der Waals surface area contributed by atoms with Gasteiger partial charge in [0.1, 0.15) is 5.66 Å². The first-order valence-electron chi connectivity index (χ1n) is 5.99. The molecule has 4 heteroatoms. The maximum Gasteiger partial charge on any atom is 0.145 e. The van der Waals surface area contributed by atoms with Gasteiger partial charge in [0, 0.05) is 31.2 Å². The maximum absolute atomic E-state index is 4.15. The van der Waals surface area contributed by atoms with Crippen molar-refractivity contribution >= 4 is 0 Å². The first-order valence-corrected chi connectivity index (χ1v) is 5.99. The third-order valence-corrected chi connectivity index (χ3v) is 3.42. The van der Waals surface area contributed by atoms with Crippen molar-refractivity contribution in [1.29, 1.82) is 0 Å². The van der Waals surface area contributed by atoms with Gasteiger partial charge in [-0.3, -0.25) is 0 Å². The van der Waals surface area contributed by atoms with Crippen LogP contribution in [0.1, 0.15) is 12.8 Å². The van der Waals surface area contributed by atoms with Gasteiger partial charge in [-0.2, -0.15) is 0 Å². The summed E-state index contributed by atoms with van der Waals surface area (Å²) >= 11 is 0. The van der Waals surface area contributed by atoms with Gasteiger partial charge in [-0.1, -0.05) is 17.7 Å². The molecular formula is C14H15N4. The number of hydrogen-bond acceptors (Lipinski definition) is 2. The molecule has 1 aliphatic carbocycles. The van der Waals surface area contributed by atoms with Crippen LogP contribution in [-0.4, -0.2) is 19.1 Å². The molecule has 0 saturated carbocycles. The van der Waals surface area contributed by atoms with Crippen molar-refractivity contribution in [2.75, 3.05) is 0 Å². The Kier molecular flexibility index (Phi) is 2.63. The van der Waals surface area contributed by atoms with E-state index in [2.05, 4.69) is 44.3 Å². The van der Waals surface area contributed by atoms with Crippen LogP contribution < -0.4 is 0 Å². The van der Waals surface area contributed by atoms with Crippen molar-refractivity contribution in [3.8, 4) is 0 Å². The fourth-order valence-electron chi connectivity index (χ4n) is 2.34. The Bertz CT molecular complexity index is 527. The third kappa shape index (κ3) is 1.61. The van der Waals surface area contributed by atoms with Crippen molar-refractivity contribution < 1.29 is 0 Å². The average Bonchev–Trinajstić information content (AvgIpc) is 3.12. The highest BCUT2D eigenvalue weighted by atomic mass is 15.3. The van der Waals surface area contributed by atoms with E-state index in [1.165, 1.54) is 5.57 Å². The summed E-state index contributed by atoms with van der Waals surface area (Å²) in [7, 11) is 0. The number of hydrogen-bond donors (Lipinski definition) is 0. The van der Waals surface area contributed by atoms with Crippen LogP contribution in [0.15, 0.2) is 61.2 Å². The SMILES string of the molecule is [CH2]CC1=CCC(n2ccnc2)(n2ccnc2)C=C1. The van der Waals surface area contributed by atoms with E-state index in [1.807, 2.05) is 25.0 Å². The average molecular weight is 239 g/mol. The van der Waals surface area contributed by atoms with E-state index >= 15 is 0 Å². The third-order valence-electron chi connectivity index (χ3n) is 3.42. The number of nitrogens with zero attached hydrogens (tertiary/aromatic N) is 4. The molecular weight excluding hydrogens is 224 g/mol. The molecule has 0 aromatic carbocycles. The van der Waals surface area contributed by atoms with Crippen LogP contribution in [0.25, 0.3) is 0 Å². The molecule has 2 aromatic rings. The molecule has 1 aliphatic rings. The lowest BCUT2D eigenvalue weighted by Crippen LogP contribution is -2.38. The molecule has 0 unspecified atom stereocenters. The Morgan fingerprint density at radius 3 is 2.22 bits per heavy atom. The lowest BCUT2D eigenvalue weighted by atomic mass is 9.95. The summed E-state index contributed by atoms with van der Waals surface area (Å²) in [5.41, 5.74) is 0.997. The second-order valence-electron chi connectivity index (χ2n) is 4.38. The number of rotatable bonds is 3. The molecule has 4 nitrogen and oxygen atoms in total. The van der Waals surface area contributed by atoms with E-state index in [9.17, 15) is 0 Å². The molecule has 0 N–H and O–H groups in total. The molecule has 0 fully saturated rings. The summed E-state index contributed by atoms with van der Waals surface area (Å²) < 4.78 is 4.20. The van der Waals surface area contributed by atoms with Crippen molar-refractivity contribution in [1.82, 2.24) is 19.1 Å². The first-order chi connectivity index (χ1) is 8.85. The van der Waals surface area contributed by atoms with E-state index < -0.39 is 0 Å². The van der Waals surface area contributed by atoms with Crippen molar-refractivity contribution in [3.63, 3.8) is 0 Å². The van der Waals surface area contributed by atoms with Gasteiger partial charge in [-0.25, -0.2) is 9.97 Å². The molecule has 2 heterocycles. The summed E-state index contributed by atoms with van der Waals surface area (Å²) in [6, 6.07) is 0. The van der Waals surface area contributed by atoms with E-state index in [-0.39, 0.29) is 5.66 Å². The number of imidazole rings is 2. The van der Waals surface area contributed by atoms with Crippen molar-refractivity contribution in [2.24, 2.45) is 0 Å². The molecule has 0 bridgehead atoms. The molecule has 0 atom stereocenters.